The Hall–Kier alpha value is -4.64. The van der Waals surface area contributed by atoms with Crippen LogP contribution >= 0.6 is 11.6 Å². The standard InChI is InChI=1S/C25H26ClN5O2.2C2HF3O2/c26-22-16-21(7-10-27-22)31-17-29-24(33)25(31)8-12-30(13-9-25)14-11-28-23(32)20-6-5-18-3-1-2-4-19(18)15-20;2*3-2(4,5)1(6)7/h1-7,10,15-16H,8-9,11-14,17H2,(H,28,32)(H,29,33);2*(H,6,7). The smallest absolute Gasteiger partial charge is 0.475 e. The van der Waals surface area contributed by atoms with Crippen molar-refractivity contribution in [2.75, 3.05) is 37.7 Å². The predicted molar refractivity (Wildman–Crippen MR) is 157 cm³/mol. The lowest BCUT2D eigenvalue weighted by Crippen LogP contribution is -2.57. The SMILES string of the molecule is O=C(NCCN1CCC2(CC1)C(=O)NCN2c1ccnc(Cl)c1)c1ccc2ccccc2c1.O=C(O)C(F)(F)F.O=C(O)C(F)(F)F. The number of likely N-dealkylation sites (tertiary alicyclic amines) is 1. The van der Waals surface area contributed by atoms with E-state index >= 15 is 0 Å². The van der Waals surface area contributed by atoms with Crippen LogP contribution in [0.15, 0.2) is 60.8 Å². The predicted octanol–water partition coefficient (Wildman–Crippen LogP) is 4.31. The second kappa shape index (κ2) is 15.3. The molecule has 3 aromatic rings. The fourth-order valence-corrected chi connectivity index (χ4v) is 5.06. The molecule has 2 aliphatic rings. The van der Waals surface area contributed by atoms with E-state index in [-0.39, 0.29) is 11.8 Å². The van der Waals surface area contributed by atoms with Crippen LogP contribution < -0.4 is 15.5 Å². The van der Waals surface area contributed by atoms with Crippen LogP contribution in [0, 0.1) is 0 Å². The molecule has 4 N–H and O–H groups in total. The second-order valence-electron chi connectivity index (χ2n) is 10.2. The van der Waals surface area contributed by atoms with Crippen molar-refractivity contribution in [3.05, 3.63) is 71.5 Å². The lowest BCUT2D eigenvalue weighted by Gasteiger charge is -2.43. The molecule has 254 valence electrons. The third-order valence-electron chi connectivity index (χ3n) is 7.25. The largest absolute Gasteiger partial charge is 0.490 e. The second-order valence-corrected chi connectivity index (χ2v) is 10.6. The Morgan fingerprint density at radius 3 is 2.04 bits per heavy atom. The molecule has 0 aliphatic carbocycles. The number of carboxylic acids is 2. The quantitative estimate of drug-likeness (QED) is 0.227. The first-order chi connectivity index (χ1) is 21.9. The summed E-state index contributed by atoms with van der Waals surface area (Å²) in [5.41, 5.74) is 1.01. The molecule has 2 amide bonds. The third kappa shape index (κ3) is 9.92. The van der Waals surface area contributed by atoms with Crippen LogP contribution in [0.2, 0.25) is 5.15 Å². The van der Waals surface area contributed by atoms with Crippen molar-refractivity contribution in [3.8, 4) is 0 Å². The summed E-state index contributed by atoms with van der Waals surface area (Å²) >= 11 is 6.08. The number of piperidine rings is 1. The Bertz CT molecular complexity index is 1570. The van der Waals surface area contributed by atoms with Crippen molar-refractivity contribution in [2.24, 2.45) is 0 Å². The molecule has 0 radical (unpaired) electrons. The van der Waals surface area contributed by atoms with Crippen molar-refractivity contribution in [2.45, 2.75) is 30.7 Å². The average Bonchev–Trinajstić information content (AvgIpc) is 3.32. The fraction of sp³-hybridized carbons (Fsp3) is 0.345. The number of nitrogens with one attached hydrogen (secondary N) is 2. The molecule has 1 aromatic heterocycles. The molecular weight excluding hydrogens is 664 g/mol. The van der Waals surface area contributed by atoms with Gasteiger partial charge in [0.1, 0.15) is 10.7 Å². The lowest BCUT2D eigenvalue weighted by molar-refractivity contribution is -0.193. The summed E-state index contributed by atoms with van der Waals surface area (Å²) in [6.07, 6.45) is -7.06. The van der Waals surface area contributed by atoms with Crippen LogP contribution in [0.1, 0.15) is 23.2 Å². The number of rotatable bonds is 5. The van der Waals surface area contributed by atoms with Gasteiger partial charge in [0.2, 0.25) is 5.91 Å². The van der Waals surface area contributed by atoms with Gasteiger partial charge in [-0.1, -0.05) is 41.9 Å². The zero-order valence-electron chi connectivity index (χ0n) is 24.2. The molecule has 18 heteroatoms. The van der Waals surface area contributed by atoms with E-state index in [2.05, 4.69) is 25.4 Å². The van der Waals surface area contributed by atoms with Gasteiger partial charge in [0.05, 0.1) is 6.67 Å². The lowest BCUT2D eigenvalue weighted by atomic mass is 9.85. The zero-order valence-corrected chi connectivity index (χ0v) is 25.0. The number of hydrogen-bond donors (Lipinski definition) is 4. The van der Waals surface area contributed by atoms with Crippen molar-refractivity contribution in [3.63, 3.8) is 0 Å². The summed E-state index contributed by atoms with van der Waals surface area (Å²) in [7, 11) is 0. The maximum absolute atomic E-state index is 12.8. The molecule has 5 rings (SSSR count). The highest BCUT2D eigenvalue weighted by atomic mass is 35.5. The molecular formula is C29H28ClF6N5O6. The van der Waals surface area contributed by atoms with Crippen molar-refractivity contribution in [1.29, 1.82) is 0 Å². The summed E-state index contributed by atoms with van der Waals surface area (Å²) in [6, 6.07) is 17.5. The normalized spacial score (nSPS) is 16.0. The van der Waals surface area contributed by atoms with Crippen LogP contribution in [-0.4, -0.2) is 94.6 Å². The highest BCUT2D eigenvalue weighted by molar-refractivity contribution is 6.29. The van der Waals surface area contributed by atoms with Crippen molar-refractivity contribution >= 4 is 51.8 Å². The molecule has 0 bridgehead atoms. The molecule has 1 spiro atoms. The number of anilines is 1. The summed E-state index contributed by atoms with van der Waals surface area (Å²) in [5.74, 6) is -5.51. The van der Waals surface area contributed by atoms with Gasteiger partial charge in [0, 0.05) is 43.6 Å². The number of fused-ring (bicyclic) bond motifs is 1. The Kier molecular flexibility index (Phi) is 12.0. The van der Waals surface area contributed by atoms with E-state index < -0.39 is 29.8 Å². The van der Waals surface area contributed by atoms with Crippen LogP contribution in [0.4, 0.5) is 32.0 Å². The monoisotopic (exact) mass is 691 g/mol. The van der Waals surface area contributed by atoms with Gasteiger partial charge in [-0.2, -0.15) is 26.3 Å². The van der Waals surface area contributed by atoms with Crippen LogP contribution in [0.25, 0.3) is 10.8 Å². The number of hydrogen-bond acceptors (Lipinski definition) is 7. The number of carbonyl (C=O) groups excluding carboxylic acids is 2. The molecule has 2 aromatic carbocycles. The number of aromatic nitrogens is 1. The summed E-state index contributed by atoms with van der Waals surface area (Å²) in [4.78, 5) is 51.7. The van der Waals surface area contributed by atoms with E-state index in [1.165, 1.54) is 0 Å². The first-order valence-corrected chi connectivity index (χ1v) is 14.1. The van der Waals surface area contributed by atoms with Crippen molar-refractivity contribution < 1.29 is 55.7 Å². The number of carbonyl (C=O) groups is 4. The fourth-order valence-electron chi connectivity index (χ4n) is 4.89. The maximum atomic E-state index is 12.8. The minimum Gasteiger partial charge on any atom is -0.475 e. The van der Waals surface area contributed by atoms with Gasteiger partial charge < -0.3 is 30.6 Å². The van der Waals surface area contributed by atoms with E-state index in [9.17, 15) is 35.9 Å². The molecule has 2 saturated heterocycles. The highest BCUT2D eigenvalue weighted by Crippen LogP contribution is 2.36. The summed E-state index contributed by atoms with van der Waals surface area (Å²) in [5, 5.41) is 22.9. The number of halogens is 7. The van der Waals surface area contributed by atoms with E-state index in [1.54, 1.807) is 12.3 Å². The first kappa shape index (κ1) is 36.8. The number of aliphatic carboxylic acids is 2. The molecule has 11 nitrogen and oxygen atoms in total. The van der Waals surface area contributed by atoms with E-state index in [4.69, 9.17) is 31.4 Å². The number of amides is 2. The highest BCUT2D eigenvalue weighted by Gasteiger charge is 2.50. The number of pyridine rings is 1. The van der Waals surface area contributed by atoms with Gasteiger partial charge in [0.15, 0.2) is 0 Å². The third-order valence-corrected chi connectivity index (χ3v) is 7.46. The minimum atomic E-state index is -5.08. The topological polar surface area (TPSA) is 152 Å². The Morgan fingerprint density at radius 1 is 0.915 bits per heavy atom. The summed E-state index contributed by atoms with van der Waals surface area (Å²) in [6.45, 7) is 3.36. The molecule has 3 heterocycles. The molecule has 0 saturated carbocycles. The summed E-state index contributed by atoms with van der Waals surface area (Å²) < 4.78 is 63.5. The van der Waals surface area contributed by atoms with Gasteiger partial charge in [-0.05, 0) is 47.9 Å². The molecule has 0 unspecified atom stereocenters. The Balaban J connectivity index is 0.000000360. The molecule has 2 aliphatic heterocycles. The van der Waals surface area contributed by atoms with Crippen LogP contribution in [-0.2, 0) is 14.4 Å². The van der Waals surface area contributed by atoms with Gasteiger partial charge in [-0.25, -0.2) is 14.6 Å². The van der Waals surface area contributed by atoms with Gasteiger partial charge in [-0.15, -0.1) is 0 Å². The molecule has 47 heavy (non-hydrogen) atoms. The molecule has 0 atom stereocenters. The molecule has 2 fully saturated rings. The van der Waals surface area contributed by atoms with Crippen LogP contribution in [0.3, 0.4) is 0 Å². The van der Waals surface area contributed by atoms with E-state index in [0.29, 0.717) is 23.9 Å². The maximum Gasteiger partial charge on any atom is 0.490 e. The Morgan fingerprint density at radius 2 is 1.49 bits per heavy atom. The minimum absolute atomic E-state index is 0.0647. The Labute approximate surface area is 268 Å². The van der Waals surface area contributed by atoms with E-state index in [0.717, 1.165) is 48.9 Å². The van der Waals surface area contributed by atoms with E-state index in [1.807, 2.05) is 48.5 Å². The number of nitrogens with zero attached hydrogens (tertiary/aromatic N) is 3. The number of carboxylic acid groups (broad SMARTS) is 2. The van der Waals surface area contributed by atoms with Gasteiger partial charge in [-0.3, -0.25) is 9.59 Å². The van der Waals surface area contributed by atoms with Crippen molar-refractivity contribution in [1.82, 2.24) is 20.5 Å². The zero-order chi connectivity index (χ0) is 35.0. The van der Waals surface area contributed by atoms with Gasteiger partial charge >= 0.3 is 24.3 Å². The average molecular weight is 692 g/mol. The first-order valence-electron chi connectivity index (χ1n) is 13.7. The van der Waals surface area contributed by atoms with Crippen LogP contribution in [0.5, 0.6) is 0 Å². The number of alkyl halides is 6. The van der Waals surface area contributed by atoms with Gasteiger partial charge in [0.25, 0.3) is 5.91 Å². The number of benzene rings is 2.